The molecule has 0 amide bonds. The summed E-state index contributed by atoms with van der Waals surface area (Å²) in [6.45, 7) is 8.93. The van der Waals surface area contributed by atoms with Gasteiger partial charge in [0.1, 0.15) is 17.0 Å². The summed E-state index contributed by atoms with van der Waals surface area (Å²) < 4.78 is 1.24. The van der Waals surface area contributed by atoms with Crippen LogP contribution in [0.2, 0.25) is 0 Å². The third-order valence-corrected chi connectivity index (χ3v) is 7.21. The van der Waals surface area contributed by atoms with Crippen LogP contribution in [0.25, 0.3) is 20.4 Å². The molecule has 4 nitrogen and oxygen atoms in total. The minimum atomic E-state index is 1.07. The summed E-state index contributed by atoms with van der Waals surface area (Å²) in [5.74, 6) is 1.13. The van der Waals surface area contributed by atoms with E-state index in [1.807, 2.05) is 11.3 Å². The van der Waals surface area contributed by atoms with E-state index in [9.17, 15) is 0 Å². The number of anilines is 1. The van der Waals surface area contributed by atoms with E-state index in [2.05, 4.69) is 25.7 Å². The molecule has 0 fully saturated rings. The Morgan fingerprint density at radius 3 is 2.34 bits per heavy atom. The van der Waals surface area contributed by atoms with Gasteiger partial charge >= 0.3 is 0 Å². The summed E-state index contributed by atoms with van der Waals surface area (Å²) in [6, 6.07) is 0. The van der Waals surface area contributed by atoms with Crippen molar-refractivity contribution in [2.45, 2.75) is 85.0 Å². The summed E-state index contributed by atoms with van der Waals surface area (Å²) in [5.41, 5.74) is 5.54. The minimum Gasteiger partial charge on any atom is -0.355 e. The normalized spacial score (nSPS) is 13.9. The molecule has 29 heavy (non-hydrogen) atoms. The van der Waals surface area contributed by atoms with Crippen LogP contribution in [0.1, 0.15) is 82.5 Å². The van der Waals surface area contributed by atoms with Crippen LogP contribution in [-0.4, -0.2) is 28.0 Å². The molecule has 0 aromatic carbocycles. The van der Waals surface area contributed by atoms with Gasteiger partial charge in [0.15, 0.2) is 0 Å². The van der Waals surface area contributed by atoms with Gasteiger partial charge in [0.25, 0.3) is 0 Å². The molecule has 0 aliphatic heterocycles. The van der Waals surface area contributed by atoms with Crippen molar-refractivity contribution >= 4 is 37.6 Å². The van der Waals surface area contributed by atoms with Gasteiger partial charge in [0.05, 0.1) is 10.2 Å². The van der Waals surface area contributed by atoms with E-state index < -0.39 is 0 Å². The fourth-order valence-corrected chi connectivity index (χ4v) is 5.81. The molecular formula is C24H34N4S. The maximum atomic E-state index is 5.17. The molecule has 156 valence electrons. The van der Waals surface area contributed by atoms with Gasteiger partial charge in [0.2, 0.25) is 0 Å². The summed E-state index contributed by atoms with van der Waals surface area (Å²) in [4.78, 5) is 18.4. The van der Waals surface area contributed by atoms with Crippen molar-refractivity contribution in [3.05, 3.63) is 23.1 Å². The van der Waals surface area contributed by atoms with E-state index in [0.29, 0.717) is 0 Å². The Morgan fingerprint density at radius 1 is 0.931 bits per heavy atom. The Labute approximate surface area is 178 Å². The van der Waals surface area contributed by atoms with Gasteiger partial charge in [-0.2, -0.15) is 0 Å². The van der Waals surface area contributed by atoms with Crippen LogP contribution >= 0.6 is 11.3 Å². The average molecular weight is 411 g/mol. The van der Waals surface area contributed by atoms with Crippen molar-refractivity contribution in [3.63, 3.8) is 0 Å². The first kappa shape index (κ1) is 20.5. The Hall–Kier alpha value is -1.75. The van der Waals surface area contributed by atoms with Crippen LogP contribution in [-0.2, 0) is 19.3 Å². The average Bonchev–Trinajstić information content (AvgIpc) is 3.13. The maximum absolute atomic E-state index is 5.17. The van der Waals surface area contributed by atoms with Crippen molar-refractivity contribution in [3.8, 4) is 0 Å². The first-order chi connectivity index (χ1) is 14.3. The second kappa shape index (κ2) is 9.38. The summed E-state index contributed by atoms with van der Waals surface area (Å²) in [6.07, 6.45) is 13.8. The molecule has 3 aromatic heterocycles. The number of pyridine rings is 1. The number of hydrogen-bond donors (Lipinski definition) is 0. The molecular weight excluding hydrogens is 376 g/mol. The smallest absolute Gasteiger partial charge is 0.150 e. The molecule has 4 rings (SSSR count). The van der Waals surface area contributed by atoms with Crippen molar-refractivity contribution in [1.82, 2.24) is 15.0 Å². The highest BCUT2D eigenvalue weighted by atomic mass is 32.1. The van der Waals surface area contributed by atoms with E-state index in [1.54, 1.807) is 6.33 Å². The Balaban J connectivity index is 1.89. The van der Waals surface area contributed by atoms with Gasteiger partial charge in [-0.25, -0.2) is 15.0 Å². The maximum Gasteiger partial charge on any atom is 0.150 e. The number of fused-ring (bicyclic) bond motifs is 5. The lowest BCUT2D eigenvalue weighted by Crippen LogP contribution is -2.26. The molecule has 3 heterocycles. The topological polar surface area (TPSA) is 41.9 Å². The number of nitrogens with zero attached hydrogens (tertiary/aromatic N) is 4. The van der Waals surface area contributed by atoms with E-state index in [4.69, 9.17) is 15.0 Å². The first-order valence-electron chi connectivity index (χ1n) is 11.6. The molecule has 0 saturated heterocycles. The predicted octanol–water partition coefficient (Wildman–Crippen LogP) is 6.48. The highest BCUT2D eigenvalue weighted by molar-refractivity contribution is 7.26. The highest BCUT2D eigenvalue weighted by Crippen LogP contribution is 2.41. The van der Waals surface area contributed by atoms with Crippen LogP contribution in [0, 0.1) is 0 Å². The van der Waals surface area contributed by atoms with E-state index in [0.717, 1.165) is 37.3 Å². The highest BCUT2D eigenvalue weighted by Gasteiger charge is 2.24. The largest absolute Gasteiger partial charge is 0.355 e. The second-order valence-electron chi connectivity index (χ2n) is 8.32. The van der Waals surface area contributed by atoms with Crippen LogP contribution < -0.4 is 4.90 Å². The van der Waals surface area contributed by atoms with Gasteiger partial charge in [-0.05, 0) is 56.1 Å². The molecule has 0 radical (unpaired) electrons. The van der Waals surface area contributed by atoms with Crippen molar-refractivity contribution < 1.29 is 0 Å². The zero-order valence-corrected chi connectivity index (χ0v) is 19.1. The summed E-state index contributed by atoms with van der Waals surface area (Å²) in [7, 11) is 0. The lowest BCUT2D eigenvalue weighted by molar-refractivity contribution is 0.673. The van der Waals surface area contributed by atoms with Crippen molar-refractivity contribution in [1.29, 1.82) is 0 Å². The third kappa shape index (κ3) is 3.98. The quantitative estimate of drug-likeness (QED) is 0.405. The van der Waals surface area contributed by atoms with E-state index in [-0.39, 0.29) is 0 Å². The first-order valence-corrected chi connectivity index (χ1v) is 12.4. The number of hydrogen-bond acceptors (Lipinski definition) is 5. The molecule has 0 unspecified atom stereocenters. The molecule has 0 saturated carbocycles. The van der Waals surface area contributed by atoms with Crippen molar-refractivity contribution in [2.24, 2.45) is 0 Å². The van der Waals surface area contributed by atoms with Gasteiger partial charge in [-0.15, -0.1) is 11.3 Å². The van der Waals surface area contributed by atoms with Gasteiger partial charge in [0, 0.05) is 24.2 Å². The lowest BCUT2D eigenvalue weighted by Gasteiger charge is -2.23. The van der Waals surface area contributed by atoms with Crippen LogP contribution in [0.15, 0.2) is 6.33 Å². The van der Waals surface area contributed by atoms with Gasteiger partial charge in [-0.3, -0.25) is 0 Å². The molecule has 1 aliphatic carbocycles. The third-order valence-electron chi connectivity index (χ3n) is 6.14. The monoisotopic (exact) mass is 410 g/mol. The zero-order chi connectivity index (χ0) is 20.2. The number of rotatable bonds is 9. The number of aryl methyl sites for hydroxylation is 2. The molecule has 3 aromatic rings. The van der Waals surface area contributed by atoms with Gasteiger partial charge in [-0.1, -0.05) is 40.0 Å². The molecule has 5 heteroatoms. The molecule has 0 spiro atoms. The van der Waals surface area contributed by atoms with Crippen molar-refractivity contribution in [2.75, 3.05) is 18.0 Å². The Bertz CT molecular complexity index is 970. The van der Waals surface area contributed by atoms with E-state index >= 15 is 0 Å². The van der Waals surface area contributed by atoms with Crippen LogP contribution in [0.3, 0.4) is 0 Å². The molecule has 0 N–H and O–H groups in total. The Kier molecular flexibility index (Phi) is 6.63. The molecule has 0 bridgehead atoms. The molecule has 1 aliphatic rings. The SMILES string of the molecule is CCCCN(CCCC)c1ncnc2c1sc1nc(CCC)c3c(c12)CCCC3. The summed E-state index contributed by atoms with van der Waals surface area (Å²) >= 11 is 1.82. The number of thiophene rings is 1. The summed E-state index contributed by atoms with van der Waals surface area (Å²) in [5, 5.41) is 1.33. The fourth-order valence-electron chi connectivity index (χ4n) is 4.62. The fraction of sp³-hybridized carbons (Fsp3) is 0.625. The number of aromatic nitrogens is 3. The zero-order valence-electron chi connectivity index (χ0n) is 18.3. The number of unbranched alkanes of at least 4 members (excludes halogenated alkanes) is 2. The predicted molar refractivity (Wildman–Crippen MR) is 125 cm³/mol. The molecule has 0 atom stereocenters. The van der Waals surface area contributed by atoms with E-state index in [1.165, 1.54) is 83.1 Å². The van der Waals surface area contributed by atoms with Gasteiger partial charge < -0.3 is 4.90 Å². The second-order valence-corrected chi connectivity index (χ2v) is 9.32. The lowest BCUT2D eigenvalue weighted by atomic mass is 9.88. The standard InChI is InChI=1S/C24H34N4S/c1-4-7-14-28(15-8-5-2)23-22-21(25-16-26-23)20-18-13-10-9-12-17(18)19(11-6-3)27-24(20)29-22/h16H,4-15H2,1-3H3. The minimum absolute atomic E-state index is 1.07. The Morgan fingerprint density at radius 2 is 1.66 bits per heavy atom. The van der Waals surface area contributed by atoms with Crippen LogP contribution in [0.5, 0.6) is 0 Å². The van der Waals surface area contributed by atoms with Crippen LogP contribution in [0.4, 0.5) is 5.82 Å².